The topological polar surface area (TPSA) is 55.1 Å². The number of aryl methyl sites for hydroxylation is 3. The normalized spacial score (nSPS) is 11.6. The first-order valence-electron chi connectivity index (χ1n) is 8.50. The molecule has 4 nitrogen and oxygen atoms in total. The molecule has 0 aliphatic carbocycles. The minimum atomic E-state index is -0.908. The number of hydrogen-bond acceptors (Lipinski definition) is 3. The number of rotatable bonds is 2. The Morgan fingerprint density at radius 1 is 1.04 bits per heavy atom. The van der Waals surface area contributed by atoms with Crippen molar-refractivity contribution >= 4 is 38.4 Å². The van der Waals surface area contributed by atoms with Gasteiger partial charge in [-0.15, -0.1) is 11.3 Å². The Hall–Kier alpha value is -2.66. The fourth-order valence-corrected chi connectivity index (χ4v) is 4.79. The Kier molecular flexibility index (Phi) is 3.66. The Bertz CT molecular complexity index is 1210. The molecule has 0 atom stereocenters. The Morgan fingerprint density at radius 3 is 2.38 bits per heavy atom. The van der Waals surface area contributed by atoms with Crippen molar-refractivity contribution < 1.29 is 9.90 Å². The molecule has 0 aliphatic rings. The summed E-state index contributed by atoms with van der Waals surface area (Å²) in [7, 11) is 1.98. The van der Waals surface area contributed by atoms with Gasteiger partial charge in [-0.05, 0) is 56.0 Å². The number of carbonyl (C=O) groups is 1. The second-order valence-electron chi connectivity index (χ2n) is 6.80. The monoisotopic (exact) mass is 364 g/mol. The summed E-state index contributed by atoms with van der Waals surface area (Å²) in [6.45, 7) is 8.45. The van der Waals surface area contributed by atoms with E-state index >= 15 is 0 Å². The number of aromatic nitrogens is 2. The molecule has 0 bridgehead atoms. The lowest BCUT2D eigenvalue weighted by Crippen LogP contribution is -2.00. The van der Waals surface area contributed by atoms with E-state index in [9.17, 15) is 9.90 Å². The van der Waals surface area contributed by atoms with Crippen LogP contribution in [-0.2, 0) is 7.05 Å². The molecular formula is C21H20N2O2S. The molecule has 0 saturated carbocycles. The number of benzene rings is 2. The van der Waals surface area contributed by atoms with Crippen LogP contribution in [0.15, 0.2) is 24.3 Å². The molecule has 1 N–H and O–H groups in total. The lowest BCUT2D eigenvalue weighted by atomic mass is 9.97. The van der Waals surface area contributed by atoms with Crippen molar-refractivity contribution in [2.75, 3.05) is 0 Å². The van der Waals surface area contributed by atoms with Gasteiger partial charge in [0.05, 0.1) is 16.6 Å². The highest BCUT2D eigenvalue weighted by molar-refractivity contribution is 7.21. The van der Waals surface area contributed by atoms with Crippen LogP contribution >= 0.6 is 11.3 Å². The first-order valence-corrected chi connectivity index (χ1v) is 9.32. The van der Waals surface area contributed by atoms with Gasteiger partial charge in [-0.2, -0.15) is 0 Å². The number of carboxylic acid groups (broad SMARTS) is 1. The zero-order chi connectivity index (χ0) is 18.7. The van der Waals surface area contributed by atoms with Gasteiger partial charge in [-0.25, -0.2) is 9.78 Å². The maximum Gasteiger partial charge on any atom is 0.346 e. The molecule has 26 heavy (non-hydrogen) atoms. The van der Waals surface area contributed by atoms with Gasteiger partial charge < -0.3 is 9.67 Å². The van der Waals surface area contributed by atoms with Crippen molar-refractivity contribution in [2.24, 2.45) is 7.05 Å². The molecule has 4 rings (SSSR count). The van der Waals surface area contributed by atoms with E-state index in [2.05, 4.69) is 27.7 Å². The van der Waals surface area contributed by atoms with Crippen molar-refractivity contribution in [3.05, 3.63) is 51.4 Å². The maximum absolute atomic E-state index is 11.9. The number of carboxylic acids is 1. The van der Waals surface area contributed by atoms with E-state index in [0.717, 1.165) is 26.7 Å². The van der Waals surface area contributed by atoms with Crippen LogP contribution in [0.25, 0.3) is 32.5 Å². The fourth-order valence-electron chi connectivity index (χ4n) is 3.75. The zero-order valence-corrected chi connectivity index (χ0v) is 16.3. The molecule has 0 fully saturated rings. The van der Waals surface area contributed by atoms with Crippen molar-refractivity contribution in [3.63, 3.8) is 0 Å². The molecule has 0 amide bonds. The van der Waals surface area contributed by atoms with E-state index < -0.39 is 5.97 Å². The summed E-state index contributed by atoms with van der Waals surface area (Å²) in [4.78, 5) is 17.2. The zero-order valence-electron chi connectivity index (χ0n) is 15.5. The molecule has 0 aliphatic heterocycles. The summed E-state index contributed by atoms with van der Waals surface area (Å²) in [5.41, 5.74) is 7.60. The summed E-state index contributed by atoms with van der Waals surface area (Å²) in [5, 5.41) is 10.7. The fraction of sp³-hybridized carbons (Fsp3) is 0.238. The van der Waals surface area contributed by atoms with Gasteiger partial charge in [0.25, 0.3) is 0 Å². The van der Waals surface area contributed by atoms with Gasteiger partial charge in [0.2, 0.25) is 0 Å². The molecule has 2 aromatic heterocycles. The first-order chi connectivity index (χ1) is 12.3. The first kappa shape index (κ1) is 16.8. The van der Waals surface area contributed by atoms with Gasteiger partial charge in [0.1, 0.15) is 10.7 Å². The average molecular weight is 364 g/mol. The number of fused-ring (bicyclic) bond motifs is 2. The third-order valence-electron chi connectivity index (χ3n) is 5.51. The molecule has 0 saturated heterocycles. The van der Waals surface area contributed by atoms with Gasteiger partial charge in [-0.1, -0.05) is 18.2 Å². The quantitative estimate of drug-likeness (QED) is 0.519. The average Bonchev–Trinajstić information content (AvgIpc) is 3.16. The highest BCUT2D eigenvalue weighted by Gasteiger charge is 2.25. The number of nitrogens with zero attached hydrogens (tertiary/aromatic N) is 2. The lowest BCUT2D eigenvalue weighted by molar-refractivity contribution is 0.0703. The molecule has 0 unspecified atom stereocenters. The highest BCUT2D eigenvalue weighted by atomic mass is 32.1. The van der Waals surface area contributed by atoms with Crippen LogP contribution in [0.1, 0.15) is 31.9 Å². The number of aromatic carboxylic acids is 1. The third-order valence-corrected chi connectivity index (χ3v) is 6.67. The largest absolute Gasteiger partial charge is 0.477 e. The summed E-state index contributed by atoms with van der Waals surface area (Å²) in [6.07, 6.45) is 0. The molecule has 0 spiro atoms. The van der Waals surface area contributed by atoms with E-state index in [-0.39, 0.29) is 0 Å². The van der Waals surface area contributed by atoms with Crippen LogP contribution in [-0.4, -0.2) is 20.6 Å². The molecule has 2 aromatic carbocycles. The predicted molar refractivity (Wildman–Crippen MR) is 107 cm³/mol. The van der Waals surface area contributed by atoms with Crippen LogP contribution < -0.4 is 0 Å². The number of hydrogen-bond donors (Lipinski definition) is 1. The second kappa shape index (κ2) is 5.68. The number of imidazole rings is 1. The van der Waals surface area contributed by atoms with E-state index in [4.69, 9.17) is 4.98 Å². The Morgan fingerprint density at radius 2 is 1.69 bits per heavy atom. The van der Waals surface area contributed by atoms with Crippen molar-refractivity contribution in [3.8, 4) is 11.4 Å². The van der Waals surface area contributed by atoms with Gasteiger partial charge in [0.15, 0.2) is 0 Å². The minimum absolute atomic E-state index is 0.341. The molecule has 132 valence electrons. The van der Waals surface area contributed by atoms with E-state index in [1.165, 1.54) is 28.0 Å². The summed E-state index contributed by atoms with van der Waals surface area (Å²) in [5.74, 6) is -0.194. The van der Waals surface area contributed by atoms with Gasteiger partial charge in [0, 0.05) is 17.1 Å². The molecular weight excluding hydrogens is 344 g/mol. The van der Waals surface area contributed by atoms with E-state index in [0.29, 0.717) is 16.3 Å². The van der Waals surface area contributed by atoms with Crippen molar-refractivity contribution in [1.29, 1.82) is 0 Å². The third kappa shape index (κ3) is 2.13. The predicted octanol–water partition coefficient (Wildman–Crippen LogP) is 5.39. The molecule has 4 aromatic rings. The number of thiophene rings is 1. The standard InChI is InChI=1S/C21H20N2O2S/c1-10-11(2)13(4)18-17(12(10)3)22-20(23(18)5)16-14-8-6-7-9-15(14)26-19(16)21(24)25/h6-9H,1-5H3,(H,24,25). The van der Waals surface area contributed by atoms with Crippen LogP contribution in [0.2, 0.25) is 0 Å². The summed E-state index contributed by atoms with van der Waals surface area (Å²) < 4.78 is 3.01. The molecule has 5 heteroatoms. The second-order valence-corrected chi connectivity index (χ2v) is 7.85. The minimum Gasteiger partial charge on any atom is -0.477 e. The van der Waals surface area contributed by atoms with Crippen LogP contribution in [0, 0.1) is 27.7 Å². The Balaban J connectivity index is 2.18. The van der Waals surface area contributed by atoms with E-state index in [1.54, 1.807) is 0 Å². The van der Waals surface area contributed by atoms with Crippen LogP contribution in [0.5, 0.6) is 0 Å². The maximum atomic E-state index is 11.9. The molecule has 0 radical (unpaired) electrons. The van der Waals surface area contributed by atoms with E-state index in [1.807, 2.05) is 35.9 Å². The lowest BCUT2D eigenvalue weighted by Gasteiger charge is -2.11. The van der Waals surface area contributed by atoms with Crippen LogP contribution in [0.4, 0.5) is 0 Å². The van der Waals surface area contributed by atoms with Gasteiger partial charge in [-0.3, -0.25) is 0 Å². The SMILES string of the molecule is Cc1c(C)c(C)c2c(nc(-c3c(C(=O)O)sc4ccccc34)n2C)c1C. The van der Waals surface area contributed by atoms with Crippen LogP contribution in [0.3, 0.4) is 0 Å². The van der Waals surface area contributed by atoms with Gasteiger partial charge >= 0.3 is 5.97 Å². The Labute approximate surface area is 155 Å². The summed E-state index contributed by atoms with van der Waals surface area (Å²) >= 11 is 1.31. The smallest absolute Gasteiger partial charge is 0.346 e. The highest BCUT2D eigenvalue weighted by Crippen LogP contribution is 2.40. The van der Waals surface area contributed by atoms with Crippen molar-refractivity contribution in [2.45, 2.75) is 27.7 Å². The molecule has 2 heterocycles. The summed E-state index contributed by atoms with van der Waals surface area (Å²) in [6, 6.07) is 7.81. The van der Waals surface area contributed by atoms with Crippen molar-refractivity contribution in [1.82, 2.24) is 9.55 Å².